The SMILES string of the molecule is CC(C)CNCc1cccc(Cl)c1Sc1n[nH]c(=O)n1C. The molecule has 0 fully saturated rings. The minimum absolute atomic E-state index is 0.232. The number of hydrogen-bond acceptors (Lipinski definition) is 4. The number of aromatic amines is 1. The maximum Gasteiger partial charge on any atom is 0.343 e. The maximum atomic E-state index is 11.4. The highest BCUT2D eigenvalue weighted by Crippen LogP contribution is 2.34. The zero-order chi connectivity index (χ0) is 15.4. The number of rotatable bonds is 6. The Labute approximate surface area is 133 Å². The number of H-pyrrole nitrogens is 1. The first-order valence-electron chi connectivity index (χ1n) is 6.76. The second-order valence-electron chi connectivity index (χ2n) is 5.23. The summed E-state index contributed by atoms with van der Waals surface area (Å²) in [5.74, 6) is 0.590. The lowest BCUT2D eigenvalue weighted by Gasteiger charge is -2.12. The molecule has 0 bridgehead atoms. The van der Waals surface area contributed by atoms with Crippen LogP contribution >= 0.6 is 23.4 Å². The maximum absolute atomic E-state index is 11.4. The van der Waals surface area contributed by atoms with Gasteiger partial charge in [0.25, 0.3) is 0 Å². The van der Waals surface area contributed by atoms with Crippen molar-refractivity contribution in [2.45, 2.75) is 30.4 Å². The highest BCUT2D eigenvalue weighted by atomic mass is 35.5. The van der Waals surface area contributed by atoms with Gasteiger partial charge in [0.15, 0.2) is 5.16 Å². The third kappa shape index (κ3) is 4.12. The van der Waals surface area contributed by atoms with Gasteiger partial charge in [-0.25, -0.2) is 9.89 Å². The van der Waals surface area contributed by atoms with Crippen molar-refractivity contribution in [2.24, 2.45) is 13.0 Å². The smallest absolute Gasteiger partial charge is 0.312 e. The molecule has 2 aromatic rings. The van der Waals surface area contributed by atoms with Crippen LogP contribution in [0.1, 0.15) is 19.4 Å². The summed E-state index contributed by atoms with van der Waals surface area (Å²) < 4.78 is 1.47. The summed E-state index contributed by atoms with van der Waals surface area (Å²) in [7, 11) is 1.68. The molecule has 0 aliphatic rings. The van der Waals surface area contributed by atoms with Gasteiger partial charge < -0.3 is 5.32 Å². The Morgan fingerprint density at radius 2 is 2.24 bits per heavy atom. The van der Waals surface area contributed by atoms with Crippen LogP contribution < -0.4 is 11.0 Å². The molecule has 7 heteroatoms. The Kier molecular flexibility index (Phi) is 5.50. The van der Waals surface area contributed by atoms with Gasteiger partial charge in [-0.2, -0.15) is 0 Å². The fraction of sp³-hybridized carbons (Fsp3) is 0.429. The number of hydrogen-bond donors (Lipinski definition) is 2. The van der Waals surface area contributed by atoms with E-state index >= 15 is 0 Å². The summed E-state index contributed by atoms with van der Waals surface area (Å²) in [6, 6.07) is 5.81. The second kappa shape index (κ2) is 7.15. The van der Waals surface area contributed by atoms with Crippen molar-refractivity contribution in [3.63, 3.8) is 0 Å². The van der Waals surface area contributed by atoms with Gasteiger partial charge in [-0.3, -0.25) is 4.57 Å². The second-order valence-corrected chi connectivity index (χ2v) is 6.61. The normalized spacial score (nSPS) is 11.3. The highest BCUT2D eigenvalue weighted by molar-refractivity contribution is 7.99. The molecule has 0 aliphatic heterocycles. The minimum Gasteiger partial charge on any atom is -0.312 e. The molecule has 5 nitrogen and oxygen atoms in total. The van der Waals surface area contributed by atoms with Crippen LogP contribution in [0.4, 0.5) is 0 Å². The highest BCUT2D eigenvalue weighted by Gasteiger charge is 2.13. The van der Waals surface area contributed by atoms with Crippen molar-refractivity contribution in [3.8, 4) is 0 Å². The molecule has 1 aromatic carbocycles. The molecule has 0 saturated carbocycles. The van der Waals surface area contributed by atoms with E-state index in [1.165, 1.54) is 16.3 Å². The number of nitrogens with zero attached hydrogens (tertiary/aromatic N) is 2. The van der Waals surface area contributed by atoms with E-state index in [9.17, 15) is 4.79 Å². The molecule has 1 aromatic heterocycles. The average Bonchev–Trinajstić information content (AvgIpc) is 2.74. The van der Waals surface area contributed by atoms with Crippen molar-refractivity contribution in [2.75, 3.05) is 6.54 Å². The molecule has 1 heterocycles. The fourth-order valence-electron chi connectivity index (χ4n) is 1.82. The Hall–Kier alpha value is -1.24. The Morgan fingerprint density at radius 1 is 1.48 bits per heavy atom. The van der Waals surface area contributed by atoms with Gasteiger partial charge in [0.2, 0.25) is 0 Å². The van der Waals surface area contributed by atoms with Crippen LogP contribution in [-0.2, 0) is 13.6 Å². The fourth-order valence-corrected chi connectivity index (χ4v) is 3.06. The molecule has 0 aliphatic carbocycles. The predicted molar refractivity (Wildman–Crippen MR) is 85.9 cm³/mol. The predicted octanol–water partition coefficient (Wildman–Crippen LogP) is 2.66. The lowest BCUT2D eigenvalue weighted by Crippen LogP contribution is -2.19. The minimum atomic E-state index is -0.232. The molecule has 0 atom stereocenters. The molecule has 21 heavy (non-hydrogen) atoms. The zero-order valence-corrected chi connectivity index (χ0v) is 13.9. The molecular formula is C14H19ClN4OS. The molecule has 2 N–H and O–H groups in total. The number of nitrogens with one attached hydrogen (secondary N) is 2. The number of benzene rings is 1. The van der Waals surface area contributed by atoms with Crippen molar-refractivity contribution < 1.29 is 0 Å². The molecule has 0 spiro atoms. The lowest BCUT2D eigenvalue weighted by atomic mass is 10.2. The number of aromatic nitrogens is 3. The van der Waals surface area contributed by atoms with Crippen LogP contribution in [-0.4, -0.2) is 21.3 Å². The van der Waals surface area contributed by atoms with E-state index in [0.29, 0.717) is 16.1 Å². The van der Waals surface area contributed by atoms with E-state index in [1.807, 2.05) is 18.2 Å². The van der Waals surface area contributed by atoms with Crippen molar-refractivity contribution >= 4 is 23.4 Å². The summed E-state index contributed by atoms with van der Waals surface area (Å²) in [6.45, 7) is 6.01. The van der Waals surface area contributed by atoms with E-state index in [4.69, 9.17) is 11.6 Å². The van der Waals surface area contributed by atoms with E-state index in [-0.39, 0.29) is 5.69 Å². The summed E-state index contributed by atoms with van der Waals surface area (Å²) in [5.41, 5.74) is 0.868. The number of halogens is 1. The van der Waals surface area contributed by atoms with Gasteiger partial charge >= 0.3 is 5.69 Å². The first-order valence-corrected chi connectivity index (χ1v) is 7.96. The Balaban J connectivity index is 2.21. The molecule has 0 unspecified atom stereocenters. The standard InChI is InChI=1S/C14H19ClN4OS/c1-9(2)7-16-8-10-5-4-6-11(15)12(10)21-14-18-17-13(20)19(14)3/h4-6,9,16H,7-8H2,1-3H3,(H,17,20). The first kappa shape index (κ1) is 16.1. The summed E-state index contributed by atoms with van der Waals surface area (Å²) in [4.78, 5) is 12.4. The third-order valence-electron chi connectivity index (χ3n) is 2.95. The largest absolute Gasteiger partial charge is 0.343 e. The van der Waals surface area contributed by atoms with E-state index in [1.54, 1.807) is 7.05 Å². The van der Waals surface area contributed by atoms with Crippen LogP contribution in [0.5, 0.6) is 0 Å². The van der Waals surface area contributed by atoms with E-state index < -0.39 is 0 Å². The van der Waals surface area contributed by atoms with Gasteiger partial charge in [-0.05, 0) is 35.9 Å². The molecule has 0 amide bonds. The summed E-state index contributed by atoms with van der Waals surface area (Å²) >= 11 is 7.70. The van der Waals surface area contributed by atoms with Crippen molar-refractivity contribution in [1.82, 2.24) is 20.1 Å². The van der Waals surface area contributed by atoms with E-state index in [2.05, 4.69) is 29.4 Å². The van der Waals surface area contributed by atoms with Crippen LogP contribution in [0.3, 0.4) is 0 Å². The topological polar surface area (TPSA) is 62.7 Å². The van der Waals surface area contributed by atoms with E-state index in [0.717, 1.165) is 23.5 Å². The molecule has 0 radical (unpaired) electrons. The molecule has 0 saturated heterocycles. The van der Waals surface area contributed by atoms with Crippen LogP contribution in [0, 0.1) is 5.92 Å². The Morgan fingerprint density at radius 3 is 2.86 bits per heavy atom. The Bertz CT molecular complexity index is 665. The van der Waals surface area contributed by atoms with Gasteiger partial charge in [0.05, 0.1) is 5.02 Å². The summed E-state index contributed by atoms with van der Waals surface area (Å²) in [6.07, 6.45) is 0. The van der Waals surface area contributed by atoms with Gasteiger partial charge in [0.1, 0.15) is 0 Å². The van der Waals surface area contributed by atoms with Gasteiger partial charge in [0, 0.05) is 18.5 Å². The van der Waals surface area contributed by atoms with Crippen LogP contribution in [0.15, 0.2) is 33.0 Å². The third-order valence-corrected chi connectivity index (χ3v) is 4.61. The van der Waals surface area contributed by atoms with Crippen LogP contribution in [0.25, 0.3) is 0 Å². The van der Waals surface area contributed by atoms with Gasteiger partial charge in [-0.1, -0.05) is 37.6 Å². The average molecular weight is 327 g/mol. The molecular weight excluding hydrogens is 308 g/mol. The first-order chi connectivity index (χ1) is 9.99. The monoisotopic (exact) mass is 326 g/mol. The summed E-state index contributed by atoms with van der Waals surface area (Å²) in [5, 5.41) is 11.1. The van der Waals surface area contributed by atoms with Crippen molar-refractivity contribution in [1.29, 1.82) is 0 Å². The van der Waals surface area contributed by atoms with Crippen LogP contribution in [0.2, 0.25) is 5.02 Å². The molecule has 114 valence electrons. The van der Waals surface area contributed by atoms with Gasteiger partial charge in [-0.15, -0.1) is 5.10 Å². The zero-order valence-electron chi connectivity index (χ0n) is 12.3. The molecule has 2 rings (SSSR count). The quantitative estimate of drug-likeness (QED) is 0.856. The lowest BCUT2D eigenvalue weighted by molar-refractivity contribution is 0.550. The van der Waals surface area contributed by atoms with Crippen molar-refractivity contribution in [3.05, 3.63) is 39.3 Å².